The Morgan fingerprint density at radius 3 is 2.12 bits per heavy atom. The van der Waals surface area contributed by atoms with Gasteiger partial charge in [0.1, 0.15) is 5.75 Å². The number of unbranched alkanes of at least 4 members (excludes halogenated alkanes) is 9. The summed E-state index contributed by atoms with van der Waals surface area (Å²) in [6.07, 6.45) is 13.2. The fraction of sp³-hybridized carbons (Fsp3) is 0.667. The van der Waals surface area contributed by atoms with Gasteiger partial charge in [-0.05, 0) is 31.4 Å². The molecule has 0 aliphatic heterocycles. The molecule has 0 saturated heterocycles. The zero-order valence-corrected chi connectivity index (χ0v) is 20.5. The van der Waals surface area contributed by atoms with E-state index in [1.165, 1.54) is 25.7 Å². The van der Waals surface area contributed by atoms with E-state index < -0.39 is 0 Å². The number of fused-ring (bicyclic) bond motifs is 1. The van der Waals surface area contributed by atoms with Crippen molar-refractivity contribution in [2.24, 2.45) is 0 Å². The second kappa shape index (κ2) is 14.8. The molecule has 0 aliphatic rings. The van der Waals surface area contributed by atoms with Crippen molar-refractivity contribution in [3.63, 3.8) is 0 Å². The lowest BCUT2D eigenvalue weighted by Gasteiger charge is -2.17. The molecule has 2 rings (SSSR count). The Hall–Kier alpha value is -2.17. The molecular weight excluding hydrogens is 402 g/mol. The summed E-state index contributed by atoms with van der Waals surface area (Å²) in [5.74, 6) is 0.758. The van der Waals surface area contributed by atoms with Gasteiger partial charge in [0.05, 0.1) is 18.7 Å². The minimum absolute atomic E-state index is 0.0557. The summed E-state index contributed by atoms with van der Waals surface area (Å²) < 4.78 is 13.4. The number of ether oxygens (including phenoxy) is 2. The molecule has 0 saturated carbocycles. The quantitative estimate of drug-likeness (QED) is 0.261. The first-order chi connectivity index (χ1) is 15.6. The van der Waals surface area contributed by atoms with Crippen molar-refractivity contribution in [3.8, 4) is 17.2 Å². The Balaban J connectivity index is 2.27. The summed E-state index contributed by atoms with van der Waals surface area (Å²) >= 11 is 0. The maximum Gasteiger partial charge on any atom is 0.297 e. The first kappa shape index (κ1) is 26.1. The van der Waals surface area contributed by atoms with E-state index in [-0.39, 0.29) is 17.1 Å². The average Bonchev–Trinajstić information content (AvgIpc) is 2.80. The molecule has 5 heteroatoms. The number of pyridine rings is 1. The van der Waals surface area contributed by atoms with E-state index in [0.29, 0.717) is 30.7 Å². The van der Waals surface area contributed by atoms with Crippen LogP contribution < -0.4 is 15.0 Å². The van der Waals surface area contributed by atoms with Crippen LogP contribution in [-0.2, 0) is 6.54 Å². The van der Waals surface area contributed by atoms with Gasteiger partial charge in [0.25, 0.3) is 5.56 Å². The van der Waals surface area contributed by atoms with Crippen molar-refractivity contribution in [3.05, 3.63) is 28.6 Å². The van der Waals surface area contributed by atoms with Crippen LogP contribution in [0.5, 0.6) is 17.2 Å². The number of rotatable bonds is 17. The third-order valence-electron chi connectivity index (χ3n) is 5.92. The Labute approximate surface area is 193 Å². The zero-order valence-electron chi connectivity index (χ0n) is 20.5. The lowest BCUT2D eigenvalue weighted by Crippen LogP contribution is -2.23. The molecule has 1 heterocycles. The molecule has 1 aromatic heterocycles. The summed E-state index contributed by atoms with van der Waals surface area (Å²) in [4.78, 5) is 13.3. The average molecular weight is 446 g/mol. The molecule has 0 radical (unpaired) electrons. The van der Waals surface area contributed by atoms with Crippen molar-refractivity contribution in [1.29, 1.82) is 0 Å². The second-order valence-corrected chi connectivity index (χ2v) is 8.69. The summed E-state index contributed by atoms with van der Waals surface area (Å²) in [5.41, 5.74) is 0.471. The van der Waals surface area contributed by atoms with E-state index in [9.17, 15) is 9.90 Å². The summed E-state index contributed by atoms with van der Waals surface area (Å²) in [7, 11) is 0. The maximum atomic E-state index is 13.3. The number of hydrogen-bond donors (Lipinski definition) is 1. The van der Waals surface area contributed by atoms with Crippen molar-refractivity contribution in [1.82, 2.24) is 4.57 Å². The predicted octanol–water partition coefficient (Wildman–Crippen LogP) is 7.21. The van der Waals surface area contributed by atoms with Gasteiger partial charge in [0.15, 0.2) is 5.75 Å². The maximum absolute atomic E-state index is 13.3. The van der Waals surface area contributed by atoms with Crippen LogP contribution in [0.2, 0.25) is 0 Å². The topological polar surface area (TPSA) is 60.7 Å². The summed E-state index contributed by atoms with van der Waals surface area (Å²) in [6.45, 7) is 8.22. The van der Waals surface area contributed by atoms with E-state index in [1.54, 1.807) is 4.57 Å². The molecule has 0 atom stereocenters. The Morgan fingerprint density at radius 1 is 0.781 bits per heavy atom. The lowest BCUT2D eigenvalue weighted by molar-refractivity contribution is 0.284. The monoisotopic (exact) mass is 445 g/mol. The first-order valence-corrected chi connectivity index (χ1v) is 12.8. The SMILES string of the molecule is CCCCCCCCn1c(=O)c(OCCCCCC)c(O)c2ccc(OCCCC)cc21. The molecule has 0 amide bonds. The summed E-state index contributed by atoms with van der Waals surface area (Å²) in [6, 6.07) is 5.59. The third-order valence-corrected chi connectivity index (χ3v) is 5.92. The van der Waals surface area contributed by atoms with Gasteiger partial charge in [0.2, 0.25) is 5.75 Å². The van der Waals surface area contributed by atoms with Crippen LogP contribution >= 0.6 is 0 Å². The highest BCUT2D eigenvalue weighted by atomic mass is 16.5. The molecule has 0 bridgehead atoms. The first-order valence-electron chi connectivity index (χ1n) is 12.8. The van der Waals surface area contributed by atoms with E-state index in [0.717, 1.165) is 57.1 Å². The molecule has 180 valence electrons. The van der Waals surface area contributed by atoms with E-state index >= 15 is 0 Å². The Morgan fingerprint density at radius 2 is 1.41 bits per heavy atom. The Kier molecular flexibility index (Phi) is 12.1. The normalized spacial score (nSPS) is 11.2. The third kappa shape index (κ3) is 7.75. The summed E-state index contributed by atoms with van der Waals surface area (Å²) in [5, 5.41) is 11.5. The molecular formula is C27H43NO4. The van der Waals surface area contributed by atoms with E-state index in [2.05, 4.69) is 20.8 Å². The van der Waals surface area contributed by atoms with Crippen LogP contribution in [0, 0.1) is 0 Å². The van der Waals surface area contributed by atoms with Gasteiger partial charge in [-0.25, -0.2) is 0 Å². The highest BCUT2D eigenvalue weighted by Crippen LogP contribution is 2.34. The molecule has 0 aliphatic carbocycles. The van der Waals surface area contributed by atoms with Gasteiger partial charge in [-0.15, -0.1) is 0 Å². The van der Waals surface area contributed by atoms with Crippen LogP contribution in [0.4, 0.5) is 0 Å². The smallest absolute Gasteiger partial charge is 0.297 e. The Bertz CT molecular complexity index is 859. The number of hydrogen-bond acceptors (Lipinski definition) is 4. The van der Waals surface area contributed by atoms with E-state index in [1.807, 2.05) is 18.2 Å². The van der Waals surface area contributed by atoms with Crippen LogP contribution in [-0.4, -0.2) is 22.9 Å². The van der Waals surface area contributed by atoms with Gasteiger partial charge in [-0.3, -0.25) is 4.79 Å². The fourth-order valence-corrected chi connectivity index (χ4v) is 3.92. The number of aromatic nitrogens is 1. The van der Waals surface area contributed by atoms with Crippen molar-refractivity contribution < 1.29 is 14.6 Å². The number of benzene rings is 1. The van der Waals surface area contributed by atoms with Crippen LogP contribution in [0.15, 0.2) is 23.0 Å². The highest BCUT2D eigenvalue weighted by molar-refractivity contribution is 5.88. The lowest BCUT2D eigenvalue weighted by atomic mass is 10.1. The molecule has 1 N–H and O–H groups in total. The highest BCUT2D eigenvalue weighted by Gasteiger charge is 2.18. The van der Waals surface area contributed by atoms with Gasteiger partial charge in [-0.1, -0.05) is 78.6 Å². The van der Waals surface area contributed by atoms with Gasteiger partial charge in [0, 0.05) is 18.0 Å². The molecule has 0 spiro atoms. The fourth-order valence-electron chi connectivity index (χ4n) is 3.92. The van der Waals surface area contributed by atoms with Gasteiger partial charge in [-0.2, -0.15) is 0 Å². The molecule has 1 aromatic carbocycles. The van der Waals surface area contributed by atoms with Crippen LogP contribution in [0.3, 0.4) is 0 Å². The van der Waals surface area contributed by atoms with Crippen molar-refractivity contribution >= 4 is 10.9 Å². The van der Waals surface area contributed by atoms with E-state index in [4.69, 9.17) is 9.47 Å². The van der Waals surface area contributed by atoms with Crippen molar-refractivity contribution in [2.45, 2.75) is 104 Å². The minimum Gasteiger partial charge on any atom is -0.504 e. The zero-order chi connectivity index (χ0) is 23.2. The van der Waals surface area contributed by atoms with Crippen LogP contribution in [0.25, 0.3) is 10.9 Å². The molecule has 0 unspecified atom stereocenters. The van der Waals surface area contributed by atoms with Gasteiger partial charge >= 0.3 is 0 Å². The molecule has 2 aromatic rings. The standard InChI is InChI=1S/C27H43NO4/c1-4-7-10-12-13-14-18-28-24-21-22(31-19-9-6-3)16-17-23(24)25(29)26(27(28)30)32-20-15-11-8-5-2/h16-17,21,29H,4-15,18-20H2,1-3H3. The molecule has 0 fully saturated rings. The van der Waals surface area contributed by atoms with Crippen LogP contribution in [0.1, 0.15) is 97.8 Å². The second-order valence-electron chi connectivity index (χ2n) is 8.69. The largest absolute Gasteiger partial charge is 0.504 e. The minimum atomic E-state index is -0.246. The number of aromatic hydroxyl groups is 1. The molecule has 32 heavy (non-hydrogen) atoms. The van der Waals surface area contributed by atoms with Crippen molar-refractivity contribution in [2.75, 3.05) is 13.2 Å². The van der Waals surface area contributed by atoms with Gasteiger partial charge < -0.3 is 19.1 Å². The predicted molar refractivity (Wildman–Crippen MR) is 133 cm³/mol. The number of nitrogens with zero attached hydrogens (tertiary/aromatic N) is 1. The number of aryl methyl sites for hydroxylation is 1. The molecule has 5 nitrogen and oxygen atoms in total.